The summed E-state index contributed by atoms with van der Waals surface area (Å²) in [6.45, 7) is 4.17. The van der Waals surface area contributed by atoms with E-state index in [4.69, 9.17) is 5.11 Å². The number of carbonyl (C=O) groups excluding carboxylic acids is 1. The summed E-state index contributed by atoms with van der Waals surface area (Å²) in [5, 5.41) is 10.9. The Hall–Kier alpha value is -0.710. The molecule has 4 nitrogen and oxygen atoms in total. The van der Waals surface area contributed by atoms with E-state index in [1.54, 1.807) is 11.8 Å². The van der Waals surface area contributed by atoms with Crippen molar-refractivity contribution in [1.29, 1.82) is 0 Å². The minimum atomic E-state index is -0.887. The lowest BCUT2D eigenvalue weighted by molar-refractivity contribution is -0.136. The molecule has 1 unspecified atom stereocenters. The van der Waals surface area contributed by atoms with Gasteiger partial charge >= 0.3 is 5.97 Å². The zero-order chi connectivity index (χ0) is 11.7. The lowest BCUT2D eigenvalue weighted by atomic mass is 10.4. The number of hydrogen-bond donors (Lipinski definition) is 2. The molecule has 0 saturated carbocycles. The molecule has 0 aliphatic rings. The van der Waals surface area contributed by atoms with Gasteiger partial charge in [0.2, 0.25) is 5.91 Å². The van der Waals surface area contributed by atoms with Crippen LogP contribution in [0.5, 0.6) is 0 Å². The highest BCUT2D eigenvalue weighted by Crippen LogP contribution is 2.12. The molecule has 5 heteroatoms. The van der Waals surface area contributed by atoms with Gasteiger partial charge in [0.05, 0.1) is 11.7 Å². The largest absolute Gasteiger partial charge is 0.481 e. The van der Waals surface area contributed by atoms with Crippen LogP contribution in [-0.4, -0.2) is 34.5 Å². The van der Waals surface area contributed by atoms with E-state index >= 15 is 0 Å². The normalized spacial score (nSPS) is 12.1. The summed E-state index contributed by atoms with van der Waals surface area (Å²) in [6.07, 6.45) is 2.22. The summed E-state index contributed by atoms with van der Waals surface area (Å²) in [5.74, 6) is 0.0169. The fourth-order valence-electron chi connectivity index (χ4n) is 0.916. The summed E-state index contributed by atoms with van der Waals surface area (Å²) >= 11 is 1.61. The lowest BCUT2D eigenvalue weighted by Gasteiger charge is -2.10. The van der Waals surface area contributed by atoms with Crippen LogP contribution < -0.4 is 5.32 Å². The van der Waals surface area contributed by atoms with Gasteiger partial charge in [-0.05, 0) is 19.1 Å². The first-order valence-corrected chi connectivity index (χ1v) is 6.24. The van der Waals surface area contributed by atoms with Crippen molar-refractivity contribution in [2.45, 2.75) is 38.4 Å². The molecular weight excluding hydrogens is 214 g/mol. The van der Waals surface area contributed by atoms with Crippen LogP contribution in [0.3, 0.4) is 0 Å². The minimum absolute atomic E-state index is 0.0158. The summed E-state index contributed by atoms with van der Waals surface area (Å²) in [6, 6.07) is 0. The summed E-state index contributed by atoms with van der Waals surface area (Å²) in [5.41, 5.74) is 0. The molecule has 88 valence electrons. The molecule has 0 heterocycles. The highest BCUT2D eigenvalue weighted by molar-refractivity contribution is 8.00. The lowest BCUT2D eigenvalue weighted by Crippen LogP contribution is -2.32. The van der Waals surface area contributed by atoms with Gasteiger partial charge in [0, 0.05) is 6.54 Å². The van der Waals surface area contributed by atoms with Gasteiger partial charge in [0.1, 0.15) is 0 Å². The second-order valence-corrected chi connectivity index (χ2v) is 4.75. The average molecular weight is 233 g/mol. The topological polar surface area (TPSA) is 66.4 Å². The summed E-state index contributed by atoms with van der Waals surface area (Å²) in [7, 11) is 0. The number of hydrogen-bond acceptors (Lipinski definition) is 3. The molecule has 0 rings (SSSR count). The van der Waals surface area contributed by atoms with E-state index in [9.17, 15) is 9.59 Å². The van der Waals surface area contributed by atoms with Gasteiger partial charge in [-0.15, -0.1) is 11.8 Å². The zero-order valence-corrected chi connectivity index (χ0v) is 10.1. The fraction of sp³-hybridized carbons (Fsp3) is 0.800. The Labute approximate surface area is 94.8 Å². The SMILES string of the molecule is CCCCSC(C)C(=O)NCCC(=O)O. The predicted octanol–water partition coefficient (Wildman–Crippen LogP) is 1.50. The third-order valence-corrected chi connectivity index (χ3v) is 3.11. The number of carboxylic acid groups (broad SMARTS) is 1. The summed E-state index contributed by atoms with van der Waals surface area (Å²) < 4.78 is 0. The molecule has 0 spiro atoms. The number of carboxylic acids is 1. The molecule has 0 aromatic rings. The Morgan fingerprint density at radius 3 is 2.67 bits per heavy atom. The Kier molecular flexibility index (Phi) is 8.18. The number of aliphatic carboxylic acids is 1. The first kappa shape index (κ1) is 14.3. The van der Waals surface area contributed by atoms with Crippen molar-refractivity contribution >= 4 is 23.6 Å². The Morgan fingerprint density at radius 2 is 2.13 bits per heavy atom. The van der Waals surface area contributed by atoms with Crippen LogP contribution in [0.15, 0.2) is 0 Å². The van der Waals surface area contributed by atoms with Gasteiger partial charge in [0.15, 0.2) is 0 Å². The second kappa shape index (κ2) is 8.59. The van der Waals surface area contributed by atoms with Crippen molar-refractivity contribution < 1.29 is 14.7 Å². The van der Waals surface area contributed by atoms with E-state index in [0.29, 0.717) is 0 Å². The number of carbonyl (C=O) groups is 2. The maximum absolute atomic E-state index is 11.4. The third kappa shape index (κ3) is 8.30. The molecule has 0 aliphatic heterocycles. The number of nitrogens with one attached hydrogen (secondary N) is 1. The first-order valence-electron chi connectivity index (χ1n) is 5.19. The zero-order valence-electron chi connectivity index (χ0n) is 9.28. The molecule has 0 aromatic heterocycles. The molecule has 0 aliphatic carbocycles. The van der Waals surface area contributed by atoms with Crippen LogP contribution in [-0.2, 0) is 9.59 Å². The monoisotopic (exact) mass is 233 g/mol. The van der Waals surface area contributed by atoms with Gasteiger partial charge < -0.3 is 10.4 Å². The molecule has 0 saturated heterocycles. The van der Waals surface area contributed by atoms with Crippen LogP contribution in [0, 0.1) is 0 Å². The van der Waals surface area contributed by atoms with E-state index in [1.165, 1.54) is 0 Å². The molecule has 0 aromatic carbocycles. The van der Waals surface area contributed by atoms with E-state index in [-0.39, 0.29) is 24.1 Å². The number of rotatable bonds is 8. The second-order valence-electron chi connectivity index (χ2n) is 3.30. The van der Waals surface area contributed by atoms with Crippen molar-refractivity contribution in [3.05, 3.63) is 0 Å². The average Bonchev–Trinajstić information content (AvgIpc) is 2.17. The van der Waals surface area contributed by atoms with E-state index in [1.807, 2.05) is 6.92 Å². The molecule has 1 atom stereocenters. The number of amides is 1. The van der Waals surface area contributed by atoms with E-state index < -0.39 is 5.97 Å². The van der Waals surface area contributed by atoms with Gasteiger partial charge in [0.25, 0.3) is 0 Å². The number of thioether (sulfide) groups is 1. The third-order valence-electron chi connectivity index (χ3n) is 1.87. The smallest absolute Gasteiger partial charge is 0.305 e. The Balaban J connectivity index is 3.55. The van der Waals surface area contributed by atoms with Crippen molar-refractivity contribution in [2.24, 2.45) is 0 Å². The molecule has 0 radical (unpaired) electrons. The van der Waals surface area contributed by atoms with Crippen molar-refractivity contribution in [1.82, 2.24) is 5.32 Å². The maximum atomic E-state index is 11.4. The van der Waals surface area contributed by atoms with Gasteiger partial charge in [-0.3, -0.25) is 9.59 Å². The van der Waals surface area contributed by atoms with E-state index in [0.717, 1.165) is 18.6 Å². The van der Waals surface area contributed by atoms with Crippen molar-refractivity contribution in [2.75, 3.05) is 12.3 Å². The highest BCUT2D eigenvalue weighted by atomic mass is 32.2. The molecule has 2 N–H and O–H groups in total. The van der Waals surface area contributed by atoms with Crippen molar-refractivity contribution in [3.8, 4) is 0 Å². The molecule has 1 amide bonds. The van der Waals surface area contributed by atoms with Crippen LogP contribution in [0.1, 0.15) is 33.1 Å². The molecule has 15 heavy (non-hydrogen) atoms. The van der Waals surface area contributed by atoms with Crippen molar-refractivity contribution in [3.63, 3.8) is 0 Å². The first-order chi connectivity index (χ1) is 7.07. The molecule has 0 bridgehead atoms. The van der Waals surface area contributed by atoms with Gasteiger partial charge in [-0.25, -0.2) is 0 Å². The van der Waals surface area contributed by atoms with Gasteiger partial charge in [-0.1, -0.05) is 13.3 Å². The van der Waals surface area contributed by atoms with Crippen LogP contribution >= 0.6 is 11.8 Å². The predicted molar refractivity (Wildman–Crippen MR) is 62.1 cm³/mol. The highest BCUT2D eigenvalue weighted by Gasteiger charge is 2.12. The van der Waals surface area contributed by atoms with Crippen LogP contribution in [0.25, 0.3) is 0 Å². The fourth-order valence-corrected chi connectivity index (χ4v) is 1.96. The quantitative estimate of drug-likeness (QED) is 0.623. The molecule has 0 fully saturated rings. The standard InChI is InChI=1S/C10H19NO3S/c1-3-4-7-15-8(2)10(14)11-6-5-9(12)13/h8H,3-7H2,1-2H3,(H,11,14)(H,12,13). The van der Waals surface area contributed by atoms with E-state index in [2.05, 4.69) is 12.2 Å². The molecular formula is C10H19NO3S. The van der Waals surface area contributed by atoms with Gasteiger partial charge in [-0.2, -0.15) is 0 Å². The maximum Gasteiger partial charge on any atom is 0.305 e. The Bertz CT molecular complexity index is 209. The minimum Gasteiger partial charge on any atom is -0.481 e. The van der Waals surface area contributed by atoms with Crippen LogP contribution in [0.4, 0.5) is 0 Å². The Morgan fingerprint density at radius 1 is 1.47 bits per heavy atom. The van der Waals surface area contributed by atoms with Crippen LogP contribution in [0.2, 0.25) is 0 Å². The number of unbranched alkanes of at least 4 members (excludes halogenated alkanes) is 1. The summed E-state index contributed by atoms with van der Waals surface area (Å²) in [4.78, 5) is 21.6.